The van der Waals surface area contributed by atoms with E-state index < -0.39 is 23.2 Å². The van der Waals surface area contributed by atoms with Gasteiger partial charge in [0.25, 0.3) is 11.5 Å². The van der Waals surface area contributed by atoms with Gasteiger partial charge in [0.1, 0.15) is 5.56 Å². The van der Waals surface area contributed by atoms with E-state index in [1.165, 1.54) is 29.0 Å². The number of benzene rings is 2. The van der Waals surface area contributed by atoms with Gasteiger partial charge in [0.2, 0.25) is 0 Å². The topological polar surface area (TPSA) is 63.5 Å². The van der Waals surface area contributed by atoms with E-state index in [2.05, 4.69) is 10.5 Å². The monoisotopic (exact) mass is 433 g/mol. The Labute approximate surface area is 174 Å². The molecule has 5 nitrogen and oxygen atoms in total. The van der Waals surface area contributed by atoms with Gasteiger partial charge in [0.15, 0.2) is 0 Å². The number of aromatic nitrogens is 1. The molecule has 3 aromatic rings. The first-order valence-electron chi connectivity index (χ1n) is 8.68. The summed E-state index contributed by atoms with van der Waals surface area (Å²) in [4.78, 5) is 24.9. The van der Waals surface area contributed by atoms with Gasteiger partial charge < -0.3 is 4.57 Å². The standard InChI is InChI=1S/C21H15ClF3N3O2/c22-17-4-1-3-15(11-17)13-28-10-2-5-18(20(28)30)19(29)27-26-12-14-6-8-16(9-7-14)21(23,24)25/h1-12H,13H2,(H,27,29)/b26-12-. The Hall–Kier alpha value is -3.39. The molecule has 0 aliphatic carbocycles. The SMILES string of the molecule is O=C(N/N=C\c1ccc(C(F)(F)F)cc1)c1cccn(Cc2cccc(Cl)c2)c1=O. The predicted molar refractivity (Wildman–Crippen MR) is 108 cm³/mol. The van der Waals surface area contributed by atoms with Crippen molar-refractivity contribution in [3.8, 4) is 0 Å². The Morgan fingerprint density at radius 1 is 1.10 bits per heavy atom. The van der Waals surface area contributed by atoms with Gasteiger partial charge in [-0.3, -0.25) is 9.59 Å². The van der Waals surface area contributed by atoms with Gasteiger partial charge in [-0.15, -0.1) is 0 Å². The molecule has 1 N–H and O–H groups in total. The smallest absolute Gasteiger partial charge is 0.310 e. The average molecular weight is 434 g/mol. The van der Waals surface area contributed by atoms with E-state index in [1.807, 2.05) is 0 Å². The molecule has 1 amide bonds. The summed E-state index contributed by atoms with van der Waals surface area (Å²) in [6, 6.07) is 14.2. The lowest BCUT2D eigenvalue weighted by Crippen LogP contribution is -2.30. The van der Waals surface area contributed by atoms with E-state index in [1.54, 1.807) is 36.5 Å². The van der Waals surface area contributed by atoms with Crippen LogP contribution in [0.25, 0.3) is 0 Å². The van der Waals surface area contributed by atoms with Crippen LogP contribution in [0.3, 0.4) is 0 Å². The molecular weight excluding hydrogens is 419 g/mol. The third-order valence-corrected chi connectivity index (χ3v) is 4.36. The van der Waals surface area contributed by atoms with E-state index in [4.69, 9.17) is 11.6 Å². The van der Waals surface area contributed by atoms with E-state index >= 15 is 0 Å². The Kier molecular flexibility index (Phi) is 6.37. The fourth-order valence-electron chi connectivity index (χ4n) is 2.65. The zero-order valence-corrected chi connectivity index (χ0v) is 16.1. The number of nitrogens with one attached hydrogen (secondary N) is 1. The molecular formula is C21H15ClF3N3O2. The first-order valence-corrected chi connectivity index (χ1v) is 9.06. The molecule has 30 heavy (non-hydrogen) atoms. The summed E-state index contributed by atoms with van der Waals surface area (Å²) in [5.41, 5.74) is 1.94. The van der Waals surface area contributed by atoms with Crippen LogP contribution in [0.5, 0.6) is 0 Å². The molecule has 0 bridgehead atoms. The second-order valence-electron chi connectivity index (χ2n) is 6.30. The van der Waals surface area contributed by atoms with Crippen LogP contribution in [0.2, 0.25) is 5.02 Å². The van der Waals surface area contributed by atoms with Gasteiger partial charge in [-0.1, -0.05) is 35.9 Å². The van der Waals surface area contributed by atoms with Gasteiger partial charge in [0, 0.05) is 11.2 Å². The van der Waals surface area contributed by atoms with Crippen LogP contribution >= 0.6 is 11.6 Å². The van der Waals surface area contributed by atoms with Crippen LogP contribution in [0.1, 0.15) is 27.0 Å². The second kappa shape index (κ2) is 8.96. The third kappa shape index (κ3) is 5.36. The highest BCUT2D eigenvalue weighted by Gasteiger charge is 2.29. The number of hydrogen-bond acceptors (Lipinski definition) is 3. The number of rotatable bonds is 5. The van der Waals surface area contributed by atoms with Crippen molar-refractivity contribution in [1.82, 2.24) is 9.99 Å². The average Bonchev–Trinajstić information content (AvgIpc) is 2.69. The summed E-state index contributed by atoms with van der Waals surface area (Å²) in [5, 5.41) is 4.24. The fraction of sp³-hybridized carbons (Fsp3) is 0.0952. The summed E-state index contributed by atoms with van der Waals surface area (Å²) in [7, 11) is 0. The van der Waals surface area contributed by atoms with Gasteiger partial charge in [-0.2, -0.15) is 18.3 Å². The van der Waals surface area contributed by atoms with Crippen molar-refractivity contribution in [3.63, 3.8) is 0 Å². The molecule has 9 heteroatoms. The van der Waals surface area contributed by atoms with Crippen molar-refractivity contribution in [2.45, 2.75) is 12.7 Å². The van der Waals surface area contributed by atoms with Crippen LogP contribution in [0, 0.1) is 0 Å². The van der Waals surface area contributed by atoms with Crippen LogP contribution in [0.15, 0.2) is 76.8 Å². The molecule has 0 aliphatic heterocycles. The maximum absolute atomic E-state index is 12.6. The van der Waals surface area contributed by atoms with E-state index in [0.29, 0.717) is 10.6 Å². The molecule has 3 rings (SSSR count). The largest absolute Gasteiger partial charge is 0.416 e. The highest BCUT2D eigenvalue weighted by atomic mass is 35.5. The van der Waals surface area contributed by atoms with Gasteiger partial charge in [-0.05, 0) is 47.5 Å². The fourth-order valence-corrected chi connectivity index (χ4v) is 2.86. The number of carbonyl (C=O) groups excluding carboxylic acids is 1. The maximum atomic E-state index is 12.6. The second-order valence-corrected chi connectivity index (χ2v) is 6.74. The number of carbonyl (C=O) groups is 1. The summed E-state index contributed by atoms with van der Waals surface area (Å²) in [6.07, 6.45) is -1.70. The molecule has 0 unspecified atom stereocenters. The van der Waals surface area contributed by atoms with Gasteiger partial charge in [-0.25, -0.2) is 5.43 Å². The zero-order chi connectivity index (χ0) is 21.7. The summed E-state index contributed by atoms with van der Waals surface area (Å²) in [6.45, 7) is 0.231. The highest BCUT2D eigenvalue weighted by Crippen LogP contribution is 2.28. The number of pyridine rings is 1. The molecule has 154 valence electrons. The third-order valence-electron chi connectivity index (χ3n) is 4.12. The van der Waals surface area contributed by atoms with E-state index in [-0.39, 0.29) is 12.1 Å². The Bertz CT molecular complexity index is 1140. The summed E-state index contributed by atoms with van der Waals surface area (Å²) >= 11 is 5.95. The highest BCUT2D eigenvalue weighted by molar-refractivity contribution is 6.30. The molecule has 0 aliphatic rings. The lowest BCUT2D eigenvalue weighted by molar-refractivity contribution is -0.137. The molecule has 2 aromatic carbocycles. The molecule has 1 heterocycles. The predicted octanol–water partition coefficient (Wildman–Crippen LogP) is 4.33. The van der Waals surface area contributed by atoms with Crippen molar-refractivity contribution in [2.75, 3.05) is 0 Å². The molecule has 1 aromatic heterocycles. The molecule has 0 saturated heterocycles. The Balaban J connectivity index is 1.70. The molecule has 0 atom stereocenters. The molecule has 0 saturated carbocycles. The quantitative estimate of drug-likeness (QED) is 0.481. The number of hydrogen-bond donors (Lipinski definition) is 1. The number of hydrazone groups is 1. The van der Waals surface area contributed by atoms with Gasteiger partial charge in [0.05, 0.1) is 18.3 Å². The minimum absolute atomic E-state index is 0.121. The number of amides is 1. The van der Waals surface area contributed by atoms with Crippen molar-refractivity contribution in [1.29, 1.82) is 0 Å². The minimum Gasteiger partial charge on any atom is -0.310 e. The Morgan fingerprint density at radius 3 is 2.50 bits per heavy atom. The number of alkyl halides is 3. The first kappa shape index (κ1) is 21.3. The molecule has 0 fully saturated rings. The zero-order valence-electron chi connectivity index (χ0n) is 15.4. The van der Waals surface area contributed by atoms with Crippen LogP contribution in [-0.4, -0.2) is 16.7 Å². The van der Waals surface area contributed by atoms with Crippen molar-refractivity contribution in [3.05, 3.63) is 104 Å². The maximum Gasteiger partial charge on any atom is 0.416 e. The van der Waals surface area contributed by atoms with Crippen LogP contribution in [-0.2, 0) is 12.7 Å². The summed E-state index contributed by atoms with van der Waals surface area (Å²) in [5.74, 6) is -0.733. The van der Waals surface area contributed by atoms with Crippen LogP contribution in [0.4, 0.5) is 13.2 Å². The lowest BCUT2D eigenvalue weighted by atomic mass is 10.1. The van der Waals surface area contributed by atoms with Gasteiger partial charge >= 0.3 is 6.18 Å². The summed E-state index contributed by atoms with van der Waals surface area (Å²) < 4.78 is 39.1. The van der Waals surface area contributed by atoms with E-state index in [9.17, 15) is 22.8 Å². The normalized spacial score (nSPS) is 11.6. The number of nitrogens with zero attached hydrogens (tertiary/aromatic N) is 2. The van der Waals surface area contributed by atoms with Crippen LogP contribution < -0.4 is 11.0 Å². The lowest BCUT2D eigenvalue weighted by Gasteiger charge is -2.08. The molecule has 0 radical (unpaired) electrons. The van der Waals surface area contributed by atoms with Crippen molar-refractivity contribution >= 4 is 23.7 Å². The minimum atomic E-state index is -4.43. The van der Waals surface area contributed by atoms with Crippen molar-refractivity contribution < 1.29 is 18.0 Å². The Morgan fingerprint density at radius 2 is 1.83 bits per heavy atom. The number of halogens is 4. The van der Waals surface area contributed by atoms with Crippen molar-refractivity contribution in [2.24, 2.45) is 5.10 Å². The molecule has 0 spiro atoms. The first-order chi connectivity index (χ1) is 14.2. The van der Waals surface area contributed by atoms with E-state index in [0.717, 1.165) is 17.7 Å².